The van der Waals surface area contributed by atoms with Gasteiger partial charge < -0.3 is 19.1 Å². The van der Waals surface area contributed by atoms with Crippen molar-refractivity contribution in [2.75, 3.05) is 33.4 Å². The number of halogens is 1. The predicted molar refractivity (Wildman–Crippen MR) is 87.2 cm³/mol. The van der Waals surface area contributed by atoms with Crippen LogP contribution in [0.2, 0.25) is 5.02 Å². The molecule has 0 radical (unpaired) electrons. The molecule has 0 bridgehead atoms. The fraction of sp³-hybridized carbons (Fsp3) is 0.588. The van der Waals surface area contributed by atoms with Crippen LogP contribution in [0.4, 0.5) is 0 Å². The molecule has 0 saturated carbocycles. The summed E-state index contributed by atoms with van der Waals surface area (Å²) >= 11 is 6.12. The van der Waals surface area contributed by atoms with Crippen LogP contribution in [0.15, 0.2) is 18.2 Å². The lowest BCUT2D eigenvalue weighted by molar-refractivity contribution is 0.00391. The van der Waals surface area contributed by atoms with Crippen LogP contribution in [0, 0.1) is 0 Å². The third-order valence-corrected chi connectivity index (χ3v) is 4.88. The van der Waals surface area contributed by atoms with E-state index in [2.05, 4.69) is 0 Å². The number of carbonyl (C=O) groups excluding carboxylic acids is 1. The van der Waals surface area contributed by atoms with E-state index in [1.165, 1.54) is 0 Å². The summed E-state index contributed by atoms with van der Waals surface area (Å²) in [6.07, 6.45) is 1.85. The van der Waals surface area contributed by atoms with Gasteiger partial charge in [-0.2, -0.15) is 0 Å². The van der Waals surface area contributed by atoms with Crippen LogP contribution in [0.5, 0.6) is 5.75 Å². The summed E-state index contributed by atoms with van der Waals surface area (Å²) in [7, 11) is 1.55. The van der Waals surface area contributed by atoms with Crippen LogP contribution in [0.3, 0.4) is 0 Å². The number of nitrogens with zero attached hydrogens (tertiary/aromatic N) is 1. The first kappa shape index (κ1) is 16.6. The Balaban J connectivity index is 1.67. The quantitative estimate of drug-likeness (QED) is 0.846. The summed E-state index contributed by atoms with van der Waals surface area (Å²) in [6.45, 7) is 4.60. The Bertz CT molecular complexity index is 594. The molecular formula is C17H22ClNO4. The minimum atomic E-state index is -0.244. The second-order valence-electron chi connectivity index (χ2n) is 6.10. The number of benzene rings is 1. The van der Waals surface area contributed by atoms with Gasteiger partial charge in [0.05, 0.1) is 37.0 Å². The molecule has 3 rings (SSSR count). The fourth-order valence-electron chi connectivity index (χ4n) is 3.43. The van der Waals surface area contributed by atoms with Crippen LogP contribution in [-0.4, -0.2) is 55.9 Å². The van der Waals surface area contributed by atoms with Crippen molar-refractivity contribution < 1.29 is 19.0 Å². The van der Waals surface area contributed by atoms with Crippen LogP contribution in [-0.2, 0) is 9.47 Å². The van der Waals surface area contributed by atoms with E-state index in [4.69, 9.17) is 25.8 Å². The Morgan fingerprint density at radius 1 is 1.52 bits per heavy atom. The summed E-state index contributed by atoms with van der Waals surface area (Å²) in [5, 5.41) is 0.445. The van der Waals surface area contributed by atoms with E-state index in [9.17, 15) is 4.79 Å². The number of rotatable bonds is 4. The molecule has 1 amide bonds. The Kier molecular flexibility index (Phi) is 4.80. The number of likely N-dealkylation sites (tertiary alicyclic amines) is 1. The van der Waals surface area contributed by atoms with E-state index >= 15 is 0 Å². The summed E-state index contributed by atoms with van der Waals surface area (Å²) in [6, 6.07) is 5.13. The number of methoxy groups -OCH3 is 1. The maximum absolute atomic E-state index is 12.7. The topological polar surface area (TPSA) is 48.0 Å². The highest BCUT2D eigenvalue weighted by atomic mass is 35.5. The largest absolute Gasteiger partial charge is 0.495 e. The molecule has 0 aromatic heterocycles. The molecule has 0 aliphatic carbocycles. The molecular weight excluding hydrogens is 318 g/mol. The zero-order valence-corrected chi connectivity index (χ0v) is 14.3. The smallest absolute Gasteiger partial charge is 0.254 e. The molecule has 2 fully saturated rings. The average Bonchev–Trinajstić information content (AvgIpc) is 3.14. The predicted octanol–water partition coefficient (Wildman–Crippen LogP) is 2.76. The third-order valence-electron chi connectivity index (χ3n) is 4.58. The number of ether oxygens (including phenoxy) is 3. The van der Waals surface area contributed by atoms with Gasteiger partial charge in [-0.3, -0.25) is 4.79 Å². The van der Waals surface area contributed by atoms with Crippen molar-refractivity contribution >= 4 is 17.5 Å². The zero-order valence-electron chi connectivity index (χ0n) is 13.5. The summed E-state index contributed by atoms with van der Waals surface area (Å²) in [5.74, 6) is 0.551. The molecule has 2 atom stereocenters. The Morgan fingerprint density at radius 2 is 2.35 bits per heavy atom. The number of amides is 1. The molecule has 2 heterocycles. The molecule has 5 nitrogen and oxygen atoms in total. The van der Waals surface area contributed by atoms with E-state index < -0.39 is 0 Å². The van der Waals surface area contributed by atoms with Crippen molar-refractivity contribution in [3.8, 4) is 5.75 Å². The van der Waals surface area contributed by atoms with Gasteiger partial charge in [-0.05, 0) is 31.5 Å². The molecule has 2 aliphatic rings. The van der Waals surface area contributed by atoms with Crippen molar-refractivity contribution in [2.24, 2.45) is 0 Å². The highest BCUT2D eigenvalue weighted by molar-refractivity contribution is 6.32. The van der Waals surface area contributed by atoms with Crippen molar-refractivity contribution in [2.45, 2.75) is 31.5 Å². The van der Waals surface area contributed by atoms with Gasteiger partial charge in [0.15, 0.2) is 0 Å². The highest BCUT2D eigenvalue weighted by Crippen LogP contribution is 2.37. The first-order valence-corrected chi connectivity index (χ1v) is 8.33. The summed E-state index contributed by atoms with van der Waals surface area (Å²) in [4.78, 5) is 14.5. The molecule has 1 spiro atoms. The van der Waals surface area contributed by atoms with E-state index in [0.29, 0.717) is 42.6 Å². The van der Waals surface area contributed by atoms with Gasteiger partial charge in [0.25, 0.3) is 5.91 Å². The van der Waals surface area contributed by atoms with Crippen LogP contribution in [0.1, 0.15) is 30.1 Å². The zero-order chi connectivity index (χ0) is 16.4. The second-order valence-corrected chi connectivity index (χ2v) is 6.51. The lowest BCUT2D eigenvalue weighted by Gasteiger charge is -2.23. The fourth-order valence-corrected chi connectivity index (χ4v) is 3.69. The van der Waals surface area contributed by atoms with Gasteiger partial charge >= 0.3 is 0 Å². The molecule has 6 heteroatoms. The van der Waals surface area contributed by atoms with Crippen molar-refractivity contribution in [1.82, 2.24) is 4.90 Å². The van der Waals surface area contributed by atoms with Crippen LogP contribution >= 0.6 is 11.6 Å². The first-order chi connectivity index (χ1) is 11.1. The summed E-state index contributed by atoms with van der Waals surface area (Å²) in [5.41, 5.74) is 0.332. The molecule has 126 valence electrons. The second kappa shape index (κ2) is 6.67. The maximum Gasteiger partial charge on any atom is 0.254 e. The molecule has 0 unspecified atom stereocenters. The Hall–Kier alpha value is -1.30. The van der Waals surface area contributed by atoms with E-state index in [1.54, 1.807) is 25.3 Å². The van der Waals surface area contributed by atoms with Gasteiger partial charge in [-0.1, -0.05) is 11.6 Å². The number of hydrogen-bond acceptors (Lipinski definition) is 4. The number of carbonyl (C=O) groups is 1. The molecule has 1 aromatic carbocycles. The maximum atomic E-state index is 12.7. The van der Waals surface area contributed by atoms with E-state index in [-0.39, 0.29) is 17.6 Å². The van der Waals surface area contributed by atoms with Crippen molar-refractivity contribution in [3.63, 3.8) is 0 Å². The molecule has 1 aromatic rings. The van der Waals surface area contributed by atoms with Gasteiger partial charge in [-0.25, -0.2) is 0 Å². The Labute approximate surface area is 141 Å². The molecule has 2 aliphatic heterocycles. The van der Waals surface area contributed by atoms with Crippen LogP contribution < -0.4 is 4.74 Å². The van der Waals surface area contributed by atoms with Gasteiger partial charge in [0.1, 0.15) is 5.75 Å². The monoisotopic (exact) mass is 339 g/mol. The highest BCUT2D eigenvalue weighted by Gasteiger charge is 2.47. The lowest BCUT2D eigenvalue weighted by Crippen LogP contribution is -2.36. The minimum Gasteiger partial charge on any atom is -0.495 e. The SMILES string of the molecule is CCO[C@H]1CO[C@]2(CCN(C(=O)c3ccc(OC)c(Cl)c3)C2)C1. The van der Waals surface area contributed by atoms with Crippen LogP contribution in [0.25, 0.3) is 0 Å². The third kappa shape index (κ3) is 3.32. The van der Waals surface area contributed by atoms with E-state index in [0.717, 1.165) is 12.8 Å². The standard InChI is InChI=1S/C17H22ClNO4/c1-3-22-13-9-17(23-10-13)6-7-19(11-17)16(20)12-4-5-15(21-2)14(18)8-12/h4-5,8,13H,3,6-7,9-11H2,1-2H3/t13-,17-/m1/s1. The molecule has 23 heavy (non-hydrogen) atoms. The molecule has 0 N–H and O–H groups in total. The normalized spacial score (nSPS) is 26.9. The van der Waals surface area contributed by atoms with Crippen molar-refractivity contribution in [3.05, 3.63) is 28.8 Å². The minimum absolute atomic E-state index is 0.0186. The van der Waals surface area contributed by atoms with Gasteiger partial charge in [-0.15, -0.1) is 0 Å². The summed E-state index contributed by atoms with van der Waals surface area (Å²) < 4.78 is 16.8. The Morgan fingerprint density at radius 3 is 3.04 bits per heavy atom. The molecule has 2 saturated heterocycles. The first-order valence-electron chi connectivity index (χ1n) is 7.95. The number of hydrogen-bond donors (Lipinski definition) is 0. The van der Waals surface area contributed by atoms with E-state index in [1.807, 2.05) is 11.8 Å². The van der Waals surface area contributed by atoms with Gasteiger partial charge in [0, 0.05) is 25.1 Å². The van der Waals surface area contributed by atoms with Gasteiger partial charge in [0.2, 0.25) is 0 Å². The average molecular weight is 340 g/mol. The van der Waals surface area contributed by atoms with Crippen molar-refractivity contribution in [1.29, 1.82) is 0 Å². The lowest BCUT2D eigenvalue weighted by atomic mass is 9.98.